The minimum absolute atomic E-state index is 0.924. The number of fused-ring (bicyclic) bond motifs is 9. The molecule has 0 atom stereocenters. The first-order chi connectivity index (χ1) is 20.8. The van der Waals surface area contributed by atoms with Gasteiger partial charge in [-0.15, -0.1) is 0 Å². The van der Waals surface area contributed by atoms with E-state index in [0.717, 1.165) is 55.0 Å². The maximum Gasteiger partial charge on any atom is 0.0964 e. The van der Waals surface area contributed by atoms with E-state index < -0.39 is 0 Å². The summed E-state index contributed by atoms with van der Waals surface area (Å²) in [6.45, 7) is 0. The first-order valence-corrected chi connectivity index (χ1v) is 14.2. The van der Waals surface area contributed by atoms with Crippen molar-refractivity contribution in [2.75, 3.05) is 0 Å². The molecule has 3 heteroatoms. The van der Waals surface area contributed by atoms with E-state index in [0.29, 0.717) is 0 Å². The fourth-order valence-electron chi connectivity index (χ4n) is 6.54. The Bertz CT molecular complexity index is 2530. The zero-order valence-electron chi connectivity index (χ0n) is 22.6. The van der Waals surface area contributed by atoms with Crippen LogP contribution in [0.3, 0.4) is 0 Å². The standard InChI is InChI=1S/C39H23N3/c1-2-7-30-24(5-1)11-15-35-31-14-12-27(21-26(31)13-16-34(30)35)33-18-17-32(36-8-4-20-41-39(33)36)29-22-28-10-9-25-6-3-19-40-37(25)38(28)42-23-29/h1-23H. The Morgan fingerprint density at radius 2 is 0.952 bits per heavy atom. The number of aromatic nitrogens is 3. The zero-order chi connectivity index (χ0) is 27.6. The van der Waals surface area contributed by atoms with Crippen LogP contribution in [0.5, 0.6) is 0 Å². The van der Waals surface area contributed by atoms with E-state index in [1.54, 1.807) is 0 Å². The predicted molar refractivity (Wildman–Crippen MR) is 176 cm³/mol. The van der Waals surface area contributed by atoms with E-state index in [-0.39, 0.29) is 0 Å². The molecule has 0 unspecified atom stereocenters. The number of nitrogens with zero attached hydrogens (tertiary/aromatic N) is 3. The number of rotatable bonds is 2. The lowest BCUT2D eigenvalue weighted by atomic mass is 9.92. The summed E-state index contributed by atoms with van der Waals surface area (Å²) in [4.78, 5) is 14.3. The molecule has 42 heavy (non-hydrogen) atoms. The molecule has 0 saturated heterocycles. The molecule has 9 aromatic rings. The normalized spacial score (nSPS) is 11.8. The average molecular weight is 534 g/mol. The van der Waals surface area contributed by atoms with Gasteiger partial charge < -0.3 is 0 Å². The molecule has 9 rings (SSSR count). The van der Waals surface area contributed by atoms with Crippen LogP contribution in [0.15, 0.2) is 140 Å². The fraction of sp³-hybridized carbons (Fsp3) is 0. The predicted octanol–water partition coefficient (Wildman–Crippen LogP) is 10.1. The van der Waals surface area contributed by atoms with E-state index >= 15 is 0 Å². The quantitative estimate of drug-likeness (QED) is 0.208. The Hall–Kier alpha value is -5.67. The summed E-state index contributed by atoms with van der Waals surface area (Å²) in [5, 5.41) is 10.9. The fourth-order valence-corrected chi connectivity index (χ4v) is 6.54. The van der Waals surface area contributed by atoms with Gasteiger partial charge in [-0.1, -0.05) is 97.1 Å². The van der Waals surface area contributed by atoms with Gasteiger partial charge in [0.25, 0.3) is 0 Å². The molecule has 0 aliphatic heterocycles. The van der Waals surface area contributed by atoms with Gasteiger partial charge in [-0.25, -0.2) is 0 Å². The van der Waals surface area contributed by atoms with E-state index in [1.807, 2.05) is 30.7 Å². The Balaban J connectivity index is 1.20. The third-order valence-electron chi connectivity index (χ3n) is 8.56. The van der Waals surface area contributed by atoms with Crippen LogP contribution in [0.1, 0.15) is 0 Å². The van der Waals surface area contributed by atoms with Crippen molar-refractivity contribution in [1.82, 2.24) is 15.0 Å². The van der Waals surface area contributed by atoms with Crippen molar-refractivity contribution in [2.24, 2.45) is 0 Å². The molecule has 3 heterocycles. The second kappa shape index (κ2) is 8.92. The Morgan fingerprint density at radius 3 is 1.88 bits per heavy atom. The molecule has 6 aromatic carbocycles. The zero-order valence-corrected chi connectivity index (χ0v) is 22.6. The number of hydrogen-bond donors (Lipinski definition) is 0. The van der Waals surface area contributed by atoms with Crippen LogP contribution in [0.4, 0.5) is 0 Å². The van der Waals surface area contributed by atoms with Crippen LogP contribution in [-0.2, 0) is 0 Å². The lowest BCUT2D eigenvalue weighted by Crippen LogP contribution is -1.91. The molecule has 194 valence electrons. The molecule has 3 aromatic heterocycles. The van der Waals surface area contributed by atoms with Crippen molar-refractivity contribution >= 4 is 65.0 Å². The van der Waals surface area contributed by atoms with Crippen molar-refractivity contribution in [1.29, 1.82) is 0 Å². The molecule has 0 aliphatic rings. The van der Waals surface area contributed by atoms with Crippen molar-refractivity contribution < 1.29 is 0 Å². The van der Waals surface area contributed by atoms with Crippen LogP contribution >= 0.6 is 0 Å². The van der Waals surface area contributed by atoms with Gasteiger partial charge in [-0.2, -0.15) is 0 Å². The Labute approximate surface area is 241 Å². The molecule has 0 amide bonds. The van der Waals surface area contributed by atoms with Gasteiger partial charge in [0.1, 0.15) is 0 Å². The average Bonchev–Trinajstić information content (AvgIpc) is 3.07. The summed E-state index contributed by atoms with van der Waals surface area (Å²) in [5.41, 5.74) is 7.32. The molecule has 0 bridgehead atoms. The molecular weight excluding hydrogens is 510 g/mol. The van der Waals surface area contributed by atoms with Crippen molar-refractivity contribution in [3.8, 4) is 22.3 Å². The summed E-state index contributed by atoms with van der Waals surface area (Å²) < 4.78 is 0. The highest BCUT2D eigenvalue weighted by Crippen LogP contribution is 2.38. The molecular formula is C39H23N3. The molecule has 0 radical (unpaired) electrons. The van der Waals surface area contributed by atoms with Gasteiger partial charge in [0.05, 0.1) is 16.6 Å². The number of benzene rings is 6. The monoisotopic (exact) mass is 533 g/mol. The van der Waals surface area contributed by atoms with Gasteiger partial charge in [-0.05, 0) is 67.7 Å². The van der Waals surface area contributed by atoms with Gasteiger partial charge in [0.2, 0.25) is 0 Å². The summed E-state index contributed by atoms with van der Waals surface area (Å²) in [7, 11) is 0. The van der Waals surface area contributed by atoms with Crippen LogP contribution in [0.2, 0.25) is 0 Å². The first-order valence-electron chi connectivity index (χ1n) is 14.2. The lowest BCUT2D eigenvalue weighted by molar-refractivity contribution is 1.37. The summed E-state index contributed by atoms with van der Waals surface area (Å²) >= 11 is 0. The van der Waals surface area contributed by atoms with Gasteiger partial charge in [-0.3, -0.25) is 15.0 Å². The molecule has 0 fully saturated rings. The SMILES string of the molecule is c1ccc2c(c1)ccc1c3ccc(-c4ccc(-c5cnc6c(ccc7cccnc76)c5)c5cccnc45)cc3ccc21. The second-order valence-electron chi connectivity index (χ2n) is 10.9. The molecule has 0 N–H and O–H groups in total. The van der Waals surface area contributed by atoms with E-state index in [9.17, 15) is 0 Å². The number of pyridine rings is 3. The topological polar surface area (TPSA) is 38.7 Å². The van der Waals surface area contributed by atoms with Gasteiger partial charge >= 0.3 is 0 Å². The molecule has 0 aliphatic carbocycles. The van der Waals surface area contributed by atoms with Gasteiger partial charge in [0, 0.05) is 45.9 Å². The molecule has 0 spiro atoms. The Kier molecular flexibility index (Phi) is 4.90. The van der Waals surface area contributed by atoms with Crippen LogP contribution in [0, 0.1) is 0 Å². The molecule has 3 nitrogen and oxygen atoms in total. The minimum Gasteiger partial charge on any atom is -0.256 e. The minimum atomic E-state index is 0.924. The Morgan fingerprint density at radius 1 is 0.333 bits per heavy atom. The van der Waals surface area contributed by atoms with Crippen molar-refractivity contribution in [3.63, 3.8) is 0 Å². The van der Waals surface area contributed by atoms with Crippen molar-refractivity contribution in [2.45, 2.75) is 0 Å². The highest BCUT2D eigenvalue weighted by molar-refractivity contribution is 6.18. The largest absolute Gasteiger partial charge is 0.256 e. The summed E-state index contributed by atoms with van der Waals surface area (Å²) in [6.07, 6.45) is 5.67. The third-order valence-corrected chi connectivity index (χ3v) is 8.56. The second-order valence-corrected chi connectivity index (χ2v) is 10.9. The van der Waals surface area contributed by atoms with Gasteiger partial charge in [0.15, 0.2) is 0 Å². The van der Waals surface area contributed by atoms with Crippen LogP contribution < -0.4 is 0 Å². The van der Waals surface area contributed by atoms with Crippen LogP contribution in [0.25, 0.3) is 87.3 Å². The lowest BCUT2D eigenvalue weighted by Gasteiger charge is -2.13. The highest BCUT2D eigenvalue weighted by atomic mass is 14.7. The van der Waals surface area contributed by atoms with Crippen LogP contribution in [-0.4, -0.2) is 15.0 Å². The van der Waals surface area contributed by atoms with E-state index in [4.69, 9.17) is 9.97 Å². The van der Waals surface area contributed by atoms with E-state index in [1.165, 1.54) is 32.3 Å². The highest BCUT2D eigenvalue weighted by Gasteiger charge is 2.13. The summed E-state index contributed by atoms with van der Waals surface area (Å²) in [5.74, 6) is 0. The maximum absolute atomic E-state index is 4.88. The molecule has 0 saturated carbocycles. The van der Waals surface area contributed by atoms with Crippen molar-refractivity contribution in [3.05, 3.63) is 140 Å². The first kappa shape index (κ1) is 23.1. The number of hydrogen-bond acceptors (Lipinski definition) is 3. The third kappa shape index (κ3) is 3.44. The smallest absolute Gasteiger partial charge is 0.0964 e. The summed E-state index contributed by atoms with van der Waals surface area (Å²) in [6, 6.07) is 43.4. The van der Waals surface area contributed by atoms with E-state index in [2.05, 4.69) is 114 Å². The maximum atomic E-state index is 4.88.